The maximum absolute atomic E-state index is 11.0. The van der Waals surface area contributed by atoms with Gasteiger partial charge in [0.15, 0.2) is 0 Å². The van der Waals surface area contributed by atoms with E-state index in [9.17, 15) is 8.42 Å². The van der Waals surface area contributed by atoms with E-state index in [1.165, 1.54) is 6.26 Å². The Kier molecular flexibility index (Phi) is 5.37. The molecule has 1 aliphatic rings. The average Bonchev–Trinajstić information content (AvgIpc) is 2.28. The molecule has 0 amide bonds. The minimum absolute atomic E-state index is 0.127. The molecule has 1 fully saturated rings. The third-order valence-corrected chi connectivity index (χ3v) is 4.48. The van der Waals surface area contributed by atoms with Crippen molar-refractivity contribution in [2.45, 2.75) is 37.3 Å². The largest absolute Gasteiger partial charge is 0.381 e. The topological polar surface area (TPSA) is 78.6 Å². The van der Waals surface area contributed by atoms with Crippen LogP contribution in [-0.4, -0.2) is 52.4 Å². The average molecular weight is 265 g/mol. The second-order valence-corrected chi connectivity index (χ2v) is 7.02. The molecule has 0 aromatic carbocycles. The summed E-state index contributed by atoms with van der Waals surface area (Å²) in [4.78, 5) is 0. The summed E-state index contributed by atoms with van der Waals surface area (Å²) >= 11 is 0. The quantitative estimate of drug-likeness (QED) is 0.749. The van der Waals surface area contributed by atoms with E-state index in [0.29, 0.717) is 26.1 Å². The van der Waals surface area contributed by atoms with Gasteiger partial charge in [-0.05, 0) is 12.8 Å². The van der Waals surface area contributed by atoms with Gasteiger partial charge >= 0.3 is 0 Å². The molecule has 0 aromatic heterocycles. The Balaban J connectivity index is 2.46. The summed E-state index contributed by atoms with van der Waals surface area (Å²) in [5.74, 6) is 0.191. The highest BCUT2D eigenvalue weighted by atomic mass is 32.2. The van der Waals surface area contributed by atoms with E-state index in [4.69, 9.17) is 15.2 Å². The minimum Gasteiger partial charge on any atom is -0.381 e. The fraction of sp³-hybridized carbons (Fsp3) is 1.00. The molecule has 1 saturated heterocycles. The Labute approximate surface area is 104 Å². The number of hydrogen-bond donors (Lipinski definition) is 1. The van der Waals surface area contributed by atoms with Crippen LogP contribution in [0.5, 0.6) is 0 Å². The van der Waals surface area contributed by atoms with Gasteiger partial charge in [0, 0.05) is 51.2 Å². The first-order valence-electron chi connectivity index (χ1n) is 5.96. The van der Waals surface area contributed by atoms with Crippen LogP contribution in [0.3, 0.4) is 0 Å². The molecule has 17 heavy (non-hydrogen) atoms. The lowest BCUT2D eigenvalue weighted by atomic mass is 9.84. The molecule has 6 heteroatoms. The van der Waals surface area contributed by atoms with E-state index < -0.39 is 9.84 Å². The van der Waals surface area contributed by atoms with Gasteiger partial charge in [-0.15, -0.1) is 0 Å². The molecule has 0 radical (unpaired) electrons. The zero-order chi connectivity index (χ0) is 12.9. The van der Waals surface area contributed by atoms with Crippen molar-refractivity contribution in [3.8, 4) is 0 Å². The van der Waals surface area contributed by atoms with Crippen LogP contribution in [0.15, 0.2) is 0 Å². The number of hydrogen-bond acceptors (Lipinski definition) is 5. The summed E-state index contributed by atoms with van der Waals surface area (Å²) in [7, 11) is -1.23. The van der Waals surface area contributed by atoms with E-state index in [-0.39, 0.29) is 17.4 Å². The monoisotopic (exact) mass is 265 g/mol. The van der Waals surface area contributed by atoms with Crippen molar-refractivity contribution in [2.24, 2.45) is 5.73 Å². The second kappa shape index (κ2) is 6.13. The SMILES string of the molecule is COC1(C(N)CCCS(C)(=O)=O)CCOCC1. The van der Waals surface area contributed by atoms with E-state index in [1.807, 2.05) is 0 Å². The first-order chi connectivity index (χ1) is 7.90. The Bertz CT molecular complexity index is 322. The summed E-state index contributed by atoms with van der Waals surface area (Å²) in [6, 6.07) is -0.127. The van der Waals surface area contributed by atoms with E-state index in [0.717, 1.165) is 12.8 Å². The van der Waals surface area contributed by atoms with Crippen molar-refractivity contribution >= 4 is 9.84 Å². The molecule has 0 spiro atoms. The summed E-state index contributed by atoms with van der Waals surface area (Å²) in [5.41, 5.74) is 5.81. The molecule has 1 unspecified atom stereocenters. The maximum Gasteiger partial charge on any atom is 0.147 e. The van der Waals surface area contributed by atoms with Crippen LogP contribution in [0.2, 0.25) is 0 Å². The summed E-state index contributed by atoms with van der Waals surface area (Å²) in [6.45, 7) is 1.32. The van der Waals surface area contributed by atoms with Gasteiger partial charge in [-0.1, -0.05) is 0 Å². The standard InChI is InChI=1S/C11H23NO4S/c1-15-11(5-7-16-8-6-11)10(12)4-3-9-17(2,13)14/h10H,3-9,12H2,1-2H3. The van der Waals surface area contributed by atoms with Crippen molar-refractivity contribution in [1.29, 1.82) is 0 Å². The van der Waals surface area contributed by atoms with Crippen LogP contribution < -0.4 is 5.73 Å². The van der Waals surface area contributed by atoms with E-state index >= 15 is 0 Å². The molecular weight excluding hydrogens is 242 g/mol. The molecule has 102 valence electrons. The number of ether oxygens (including phenoxy) is 2. The van der Waals surface area contributed by atoms with Crippen molar-refractivity contribution in [3.63, 3.8) is 0 Å². The van der Waals surface area contributed by atoms with Gasteiger partial charge in [0.05, 0.1) is 5.60 Å². The molecule has 0 bridgehead atoms. The van der Waals surface area contributed by atoms with Crippen molar-refractivity contribution < 1.29 is 17.9 Å². The normalized spacial score (nSPS) is 22.3. The Morgan fingerprint density at radius 1 is 1.41 bits per heavy atom. The lowest BCUT2D eigenvalue weighted by Gasteiger charge is -2.40. The highest BCUT2D eigenvalue weighted by molar-refractivity contribution is 7.90. The molecule has 1 aliphatic heterocycles. The molecular formula is C11H23NO4S. The maximum atomic E-state index is 11.0. The van der Waals surface area contributed by atoms with Gasteiger partial charge < -0.3 is 15.2 Å². The molecule has 2 N–H and O–H groups in total. The highest BCUT2D eigenvalue weighted by Gasteiger charge is 2.38. The zero-order valence-corrected chi connectivity index (χ0v) is 11.5. The fourth-order valence-electron chi connectivity index (χ4n) is 2.27. The Hall–Kier alpha value is -0.170. The van der Waals surface area contributed by atoms with Gasteiger partial charge in [0.25, 0.3) is 0 Å². The Morgan fingerprint density at radius 3 is 2.47 bits per heavy atom. The first kappa shape index (κ1) is 14.9. The molecule has 1 rings (SSSR count). The lowest BCUT2D eigenvalue weighted by molar-refractivity contribution is -0.105. The summed E-state index contributed by atoms with van der Waals surface area (Å²) < 4.78 is 33.0. The third-order valence-electron chi connectivity index (χ3n) is 3.45. The van der Waals surface area contributed by atoms with Gasteiger partial charge in [-0.2, -0.15) is 0 Å². The second-order valence-electron chi connectivity index (χ2n) is 4.76. The van der Waals surface area contributed by atoms with Crippen LogP contribution in [0.1, 0.15) is 25.7 Å². The van der Waals surface area contributed by atoms with Crippen LogP contribution >= 0.6 is 0 Å². The number of nitrogens with two attached hydrogens (primary N) is 1. The molecule has 1 atom stereocenters. The van der Waals surface area contributed by atoms with Crippen LogP contribution in [-0.2, 0) is 19.3 Å². The van der Waals surface area contributed by atoms with E-state index in [2.05, 4.69) is 0 Å². The summed E-state index contributed by atoms with van der Waals surface area (Å²) in [6.07, 6.45) is 4.07. The first-order valence-corrected chi connectivity index (χ1v) is 8.02. The fourth-order valence-corrected chi connectivity index (χ4v) is 2.96. The molecule has 5 nitrogen and oxygen atoms in total. The van der Waals surface area contributed by atoms with Crippen LogP contribution in [0, 0.1) is 0 Å². The smallest absolute Gasteiger partial charge is 0.147 e. The number of sulfone groups is 1. The lowest BCUT2D eigenvalue weighted by Crippen LogP contribution is -2.53. The summed E-state index contributed by atoms with van der Waals surface area (Å²) in [5, 5.41) is 0. The number of rotatable bonds is 6. The van der Waals surface area contributed by atoms with Crippen molar-refractivity contribution in [2.75, 3.05) is 32.3 Å². The third kappa shape index (κ3) is 4.54. The minimum atomic E-state index is -2.90. The molecule has 0 aliphatic carbocycles. The highest BCUT2D eigenvalue weighted by Crippen LogP contribution is 2.29. The van der Waals surface area contributed by atoms with E-state index in [1.54, 1.807) is 7.11 Å². The predicted octanol–water partition coefficient (Wildman–Crippen LogP) is 0.334. The van der Waals surface area contributed by atoms with Crippen LogP contribution in [0.4, 0.5) is 0 Å². The number of methoxy groups -OCH3 is 1. The predicted molar refractivity (Wildman–Crippen MR) is 66.7 cm³/mol. The van der Waals surface area contributed by atoms with Crippen LogP contribution in [0.25, 0.3) is 0 Å². The molecule has 0 saturated carbocycles. The Morgan fingerprint density at radius 2 is 2.00 bits per heavy atom. The van der Waals surface area contributed by atoms with Gasteiger partial charge in [-0.3, -0.25) is 0 Å². The van der Waals surface area contributed by atoms with Gasteiger partial charge in [-0.25, -0.2) is 8.42 Å². The van der Waals surface area contributed by atoms with Gasteiger partial charge in [0.2, 0.25) is 0 Å². The molecule has 0 aromatic rings. The zero-order valence-electron chi connectivity index (χ0n) is 10.6. The van der Waals surface area contributed by atoms with Crippen molar-refractivity contribution in [1.82, 2.24) is 0 Å². The van der Waals surface area contributed by atoms with Gasteiger partial charge in [0.1, 0.15) is 9.84 Å². The van der Waals surface area contributed by atoms with Crippen molar-refractivity contribution in [3.05, 3.63) is 0 Å². The molecule has 1 heterocycles.